The van der Waals surface area contributed by atoms with Crippen LogP contribution in [0.25, 0.3) is 0 Å². The number of hydrogen-bond acceptors (Lipinski definition) is 8. The summed E-state index contributed by atoms with van der Waals surface area (Å²) in [6.07, 6.45) is 90.9. The average molecular weight is 1180 g/mol. The van der Waals surface area contributed by atoms with E-state index in [-0.39, 0.29) is 38.6 Å². The van der Waals surface area contributed by atoms with Crippen molar-refractivity contribution in [2.45, 2.75) is 283 Å². The Bertz CT molecular complexity index is 1860. The standard InChI is InChI=1S/C76H127NO8/c1-6-8-10-12-14-16-18-20-22-24-26-28-30-32-34-35-36-37-38-39-41-43-45-47-49-51-53-55-57-59-61-63-65-67-74(79)85-72(71-84-76(75(80)81)82-69-68-77(3,4)5)70-83-73(78)66-64-62-60-58-56-54-52-50-48-46-44-42-40-33-31-29-27-25-23-21-19-17-15-13-11-9-7-2/h8,10,14,16,19-22,25-28,31-34,36-37,39,41,45,47,72,76H,6-7,9,11-13,15,17-18,23-24,29-30,35,38,40,42-44,46,48-71H2,1-5H3/b10-8-,16-14-,21-19-,22-20-,27-25-,28-26-,33-31-,34-32-,37-36-,41-39-,47-45-. The summed E-state index contributed by atoms with van der Waals surface area (Å²) < 4.78 is 22.8. The van der Waals surface area contributed by atoms with E-state index in [0.717, 1.165) is 109 Å². The van der Waals surface area contributed by atoms with E-state index in [0.29, 0.717) is 17.4 Å². The number of carbonyl (C=O) groups excluding carboxylic acids is 3. The highest BCUT2D eigenvalue weighted by atomic mass is 16.7. The van der Waals surface area contributed by atoms with Gasteiger partial charge >= 0.3 is 11.9 Å². The minimum Gasteiger partial charge on any atom is -0.545 e. The number of ether oxygens (including phenoxy) is 4. The van der Waals surface area contributed by atoms with Crippen molar-refractivity contribution in [3.8, 4) is 0 Å². The second-order valence-electron chi connectivity index (χ2n) is 23.7. The summed E-state index contributed by atoms with van der Waals surface area (Å²) in [4.78, 5) is 37.5. The number of aliphatic carboxylic acids is 1. The van der Waals surface area contributed by atoms with Crippen LogP contribution in [0.2, 0.25) is 0 Å². The molecule has 0 N–H and O–H groups in total. The molecule has 2 atom stereocenters. The van der Waals surface area contributed by atoms with Crippen LogP contribution >= 0.6 is 0 Å². The van der Waals surface area contributed by atoms with Crippen LogP contribution in [0.3, 0.4) is 0 Å². The second-order valence-corrected chi connectivity index (χ2v) is 23.7. The lowest BCUT2D eigenvalue weighted by Crippen LogP contribution is -2.44. The van der Waals surface area contributed by atoms with E-state index in [2.05, 4.69) is 148 Å². The third-order valence-corrected chi connectivity index (χ3v) is 14.4. The molecule has 0 saturated heterocycles. The summed E-state index contributed by atoms with van der Waals surface area (Å²) >= 11 is 0. The summed E-state index contributed by atoms with van der Waals surface area (Å²) in [6.45, 7) is 4.61. The SMILES string of the molecule is CC/C=C\C/C=C\C/C=C\C/C=C\C/C=C\C/C=C\C/C=C\C/C=C\CCCCCCCCCCC(=O)OC(COC(=O)CCCCCCCCCCCCCC/C=C\C/C=C\C/C=C\CCCCCCC)COC(OCC[N+](C)(C)C)C(=O)[O-]. The number of nitrogens with zero attached hydrogens (tertiary/aromatic N) is 1. The van der Waals surface area contributed by atoms with Crippen molar-refractivity contribution in [1.29, 1.82) is 0 Å². The second kappa shape index (κ2) is 65.4. The summed E-state index contributed by atoms with van der Waals surface area (Å²) in [6, 6.07) is 0. The van der Waals surface area contributed by atoms with Gasteiger partial charge in [-0.1, -0.05) is 276 Å². The number of esters is 2. The lowest BCUT2D eigenvalue weighted by Gasteiger charge is -2.26. The zero-order valence-corrected chi connectivity index (χ0v) is 55.2. The predicted octanol–water partition coefficient (Wildman–Crippen LogP) is 20.0. The molecule has 9 nitrogen and oxygen atoms in total. The Morgan fingerprint density at radius 1 is 0.365 bits per heavy atom. The van der Waals surface area contributed by atoms with Crippen LogP contribution in [0.5, 0.6) is 0 Å². The van der Waals surface area contributed by atoms with Crippen molar-refractivity contribution in [2.24, 2.45) is 0 Å². The monoisotopic (exact) mass is 1180 g/mol. The van der Waals surface area contributed by atoms with E-state index >= 15 is 0 Å². The smallest absolute Gasteiger partial charge is 0.306 e. The molecule has 85 heavy (non-hydrogen) atoms. The Hall–Kier alpha value is -4.57. The van der Waals surface area contributed by atoms with Crippen LogP contribution in [0.1, 0.15) is 271 Å². The highest BCUT2D eigenvalue weighted by Gasteiger charge is 2.22. The maximum absolute atomic E-state index is 12.9. The normalized spacial score (nSPS) is 13.6. The number of likely N-dealkylation sites (N-methyl/N-ethyl adjacent to an activating group) is 1. The fraction of sp³-hybridized carbons (Fsp3) is 0.671. The van der Waals surface area contributed by atoms with Gasteiger partial charge in [0.15, 0.2) is 12.4 Å². The van der Waals surface area contributed by atoms with Crippen molar-refractivity contribution in [1.82, 2.24) is 0 Å². The Morgan fingerprint density at radius 2 is 0.671 bits per heavy atom. The van der Waals surface area contributed by atoms with Crippen molar-refractivity contribution in [3.05, 3.63) is 134 Å². The number of carboxylic acids is 1. The molecule has 0 aliphatic carbocycles. The lowest BCUT2D eigenvalue weighted by atomic mass is 10.0. The molecule has 0 aromatic rings. The molecule has 0 rings (SSSR count). The third-order valence-electron chi connectivity index (χ3n) is 14.4. The molecule has 9 heteroatoms. The first-order chi connectivity index (χ1) is 41.6. The first-order valence-corrected chi connectivity index (χ1v) is 34.3. The predicted molar refractivity (Wildman–Crippen MR) is 361 cm³/mol. The first-order valence-electron chi connectivity index (χ1n) is 34.3. The van der Waals surface area contributed by atoms with Gasteiger partial charge < -0.3 is 33.3 Å². The maximum Gasteiger partial charge on any atom is 0.306 e. The molecular formula is C76H127NO8. The molecule has 0 aromatic heterocycles. The van der Waals surface area contributed by atoms with Gasteiger partial charge in [-0.3, -0.25) is 9.59 Å². The molecule has 0 bridgehead atoms. The van der Waals surface area contributed by atoms with E-state index < -0.39 is 24.3 Å². The summed E-state index contributed by atoms with van der Waals surface area (Å²) in [7, 11) is 5.92. The molecule has 484 valence electrons. The average Bonchev–Trinajstić information content (AvgIpc) is 3.49. The zero-order chi connectivity index (χ0) is 61.9. The first kappa shape index (κ1) is 80.4. The van der Waals surface area contributed by atoms with Crippen LogP contribution in [0, 0.1) is 0 Å². The van der Waals surface area contributed by atoms with Crippen LogP contribution in [-0.4, -0.2) is 82.3 Å². The highest BCUT2D eigenvalue weighted by molar-refractivity contribution is 5.70. The topological polar surface area (TPSA) is 111 Å². The van der Waals surface area contributed by atoms with Crippen molar-refractivity contribution < 1.29 is 42.9 Å². The number of hydrogen-bond donors (Lipinski definition) is 0. The lowest BCUT2D eigenvalue weighted by molar-refractivity contribution is -0.870. The van der Waals surface area contributed by atoms with Crippen molar-refractivity contribution >= 4 is 17.9 Å². The van der Waals surface area contributed by atoms with E-state index in [9.17, 15) is 19.5 Å². The molecule has 0 fully saturated rings. The molecule has 0 aliphatic heterocycles. The quantitative estimate of drug-likeness (QED) is 0.0195. The summed E-state index contributed by atoms with van der Waals surface area (Å²) in [5, 5.41) is 11.8. The van der Waals surface area contributed by atoms with Gasteiger partial charge in [-0.2, -0.15) is 0 Å². The summed E-state index contributed by atoms with van der Waals surface area (Å²) in [5.74, 6) is -2.30. The van der Waals surface area contributed by atoms with Gasteiger partial charge in [0.25, 0.3) is 0 Å². The fourth-order valence-corrected chi connectivity index (χ4v) is 9.15. The molecule has 2 unspecified atom stereocenters. The fourth-order valence-electron chi connectivity index (χ4n) is 9.15. The molecule has 0 amide bonds. The Kier molecular flexibility index (Phi) is 61.9. The van der Waals surface area contributed by atoms with Gasteiger partial charge in [0.05, 0.1) is 40.3 Å². The van der Waals surface area contributed by atoms with Gasteiger partial charge in [0.1, 0.15) is 13.2 Å². The Labute approximate surface area is 522 Å². The summed E-state index contributed by atoms with van der Waals surface area (Å²) in [5.41, 5.74) is 0. The van der Waals surface area contributed by atoms with Crippen LogP contribution in [0.4, 0.5) is 0 Å². The molecular weight excluding hydrogens is 1050 g/mol. The van der Waals surface area contributed by atoms with Crippen molar-refractivity contribution in [2.75, 3.05) is 47.5 Å². The van der Waals surface area contributed by atoms with E-state index in [1.165, 1.54) is 128 Å². The van der Waals surface area contributed by atoms with Gasteiger partial charge in [-0.05, 0) is 116 Å². The third kappa shape index (κ3) is 66.8. The molecule has 0 saturated carbocycles. The van der Waals surface area contributed by atoms with Crippen LogP contribution in [0.15, 0.2) is 134 Å². The van der Waals surface area contributed by atoms with E-state index in [4.69, 9.17) is 18.9 Å². The molecule has 0 aromatic carbocycles. The van der Waals surface area contributed by atoms with Gasteiger partial charge in [0.2, 0.25) is 0 Å². The number of quaternary nitrogens is 1. The van der Waals surface area contributed by atoms with Gasteiger partial charge in [-0.25, -0.2) is 0 Å². The number of carboxylic acid groups (broad SMARTS) is 1. The van der Waals surface area contributed by atoms with Crippen LogP contribution in [-0.2, 0) is 33.3 Å². The largest absolute Gasteiger partial charge is 0.545 e. The minimum absolute atomic E-state index is 0.139. The van der Waals surface area contributed by atoms with E-state index in [1.807, 2.05) is 21.1 Å². The van der Waals surface area contributed by atoms with Gasteiger partial charge in [-0.15, -0.1) is 0 Å². The Balaban J connectivity index is 4.21. The zero-order valence-electron chi connectivity index (χ0n) is 55.2. The molecule has 0 spiro atoms. The molecule has 0 aliphatic rings. The number of carbonyl (C=O) groups is 3. The van der Waals surface area contributed by atoms with Gasteiger partial charge in [0, 0.05) is 12.8 Å². The highest BCUT2D eigenvalue weighted by Crippen LogP contribution is 2.16. The molecule has 0 radical (unpaired) electrons. The number of unbranched alkanes of at least 4 members (excludes halogenated alkanes) is 25. The van der Waals surface area contributed by atoms with Crippen LogP contribution < -0.4 is 5.11 Å². The Morgan fingerprint density at radius 3 is 1.00 bits per heavy atom. The maximum atomic E-state index is 12.9. The minimum atomic E-state index is -1.63. The number of rotatable bonds is 62. The van der Waals surface area contributed by atoms with Crippen molar-refractivity contribution in [3.63, 3.8) is 0 Å². The molecule has 0 heterocycles. The number of allylic oxidation sites excluding steroid dienone is 22. The van der Waals surface area contributed by atoms with E-state index in [1.54, 1.807) is 0 Å².